The highest BCUT2D eigenvalue weighted by Gasteiger charge is 2.06. The van der Waals surface area contributed by atoms with E-state index < -0.39 is 0 Å². The summed E-state index contributed by atoms with van der Waals surface area (Å²) < 4.78 is 5.40. The van der Waals surface area contributed by atoms with E-state index in [2.05, 4.69) is 26.0 Å². The van der Waals surface area contributed by atoms with E-state index in [0.717, 1.165) is 5.56 Å². The van der Waals surface area contributed by atoms with Crippen molar-refractivity contribution in [3.05, 3.63) is 71.3 Å². The molecular weight excluding hydrogens is 326 g/mol. The Morgan fingerprint density at radius 1 is 1.00 bits per heavy atom. The second-order valence-electron chi connectivity index (χ2n) is 6.62. The number of carbonyl (C=O) groups excluding carboxylic acids is 2. The third-order valence-electron chi connectivity index (χ3n) is 4.03. The smallest absolute Gasteiger partial charge is 0.259 e. The van der Waals surface area contributed by atoms with E-state index in [9.17, 15) is 9.59 Å². The van der Waals surface area contributed by atoms with Crippen LogP contribution in [0.25, 0.3) is 6.08 Å². The minimum Gasteiger partial charge on any atom is -0.484 e. The van der Waals surface area contributed by atoms with Crippen LogP contribution in [0.4, 0.5) is 0 Å². The number of hydrogen-bond acceptors (Lipinski definition) is 3. The number of rotatable bonds is 7. The second kappa shape index (κ2) is 8.99. The molecule has 2 rings (SSSR count). The summed E-state index contributed by atoms with van der Waals surface area (Å²) in [5.74, 6) is 0.860. The lowest BCUT2D eigenvalue weighted by molar-refractivity contribution is -0.130. The number of nitrogens with zero attached hydrogens (tertiary/aromatic N) is 1. The minimum absolute atomic E-state index is 0.0213. The van der Waals surface area contributed by atoms with E-state index in [1.165, 1.54) is 10.5 Å². The monoisotopic (exact) mass is 351 g/mol. The molecule has 136 valence electrons. The van der Waals surface area contributed by atoms with Crippen LogP contribution in [0.3, 0.4) is 0 Å². The molecule has 0 fully saturated rings. The number of benzene rings is 2. The zero-order valence-electron chi connectivity index (χ0n) is 15.7. The van der Waals surface area contributed by atoms with Crippen LogP contribution in [-0.2, 0) is 4.79 Å². The summed E-state index contributed by atoms with van der Waals surface area (Å²) in [5.41, 5.74) is 2.84. The molecule has 0 N–H and O–H groups in total. The molecule has 0 saturated carbocycles. The lowest BCUT2D eigenvalue weighted by atomic mass is 10.0. The van der Waals surface area contributed by atoms with Crippen LogP contribution >= 0.6 is 0 Å². The molecule has 4 nitrogen and oxygen atoms in total. The molecule has 0 saturated heterocycles. The first kappa shape index (κ1) is 19.4. The number of ketones is 1. The van der Waals surface area contributed by atoms with Gasteiger partial charge in [-0.25, -0.2) is 0 Å². The van der Waals surface area contributed by atoms with Gasteiger partial charge in [-0.3, -0.25) is 9.59 Å². The average molecular weight is 351 g/mol. The maximum Gasteiger partial charge on any atom is 0.259 e. The Labute approximate surface area is 155 Å². The van der Waals surface area contributed by atoms with Gasteiger partial charge in [0.1, 0.15) is 5.75 Å². The SMILES string of the molecule is CC(C)c1ccc(C=CC(=O)c2ccc(OCC(=O)N(C)C)cc2)cc1. The van der Waals surface area contributed by atoms with Gasteiger partial charge in [-0.15, -0.1) is 0 Å². The molecule has 0 spiro atoms. The molecule has 0 aromatic heterocycles. The van der Waals surface area contributed by atoms with Crippen LogP contribution in [0.2, 0.25) is 0 Å². The third kappa shape index (κ3) is 5.59. The zero-order valence-corrected chi connectivity index (χ0v) is 15.7. The number of hydrogen-bond donors (Lipinski definition) is 0. The number of carbonyl (C=O) groups is 2. The van der Waals surface area contributed by atoms with Gasteiger partial charge in [0.15, 0.2) is 12.4 Å². The number of ether oxygens (including phenoxy) is 1. The van der Waals surface area contributed by atoms with E-state index >= 15 is 0 Å². The molecule has 0 bridgehead atoms. The largest absolute Gasteiger partial charge is 0.484 e. The van der Waals surface area contributed by atoms with Crippen molar-refractivity contribution >= 4 is 17.8 Å². The average Bonchev–Trinajstić information content (AvgIpc) is 2.64. The van der Waals surface area contributed by atoms with Gasteiger partial charge in [-0.1, -0.05) is 44.2 Å². The Kier molecular flexibility index (Phi) is 6.73. The Hall–Kier alpha value is -2.88. The molecule has 26 heavy (non-hydrogen) atoms. The first-order valence-electron chi connectivity index (χ1n) is 8.62. The first-order valence-corrected chi connectivity index (χ1v) is 8.62. The molecule has 2 aromatic carbocycles. The molecule has 1 amide bonds. The van der Waals surface area contributed by atoms with Crippen molar-refractivity contribution in [1.29, 1.82) is 0 Å². The molecule has 4 heteroatoms. The summed E-state index contributed by atoms with van der Waals surface area (Å²) in [7, 11) is 3.35. The van der Waals surface area contributed by atoms with Crippen molar-refractivity contribution in [2.24, 2.45) is 0 Å². The molecule has 0 aliphatic rings. The van der Waals surface area contributed by atoms with Crippen LogP contribution in [0.15, 0.2) is 54.6 Å². The van der Waals surface area contributed by atoms with Gasteiger partial charge in [0.05, 0.1) is 0 Å². The topological polar surface area (TPSA) is 46.6 Å². The maximum absolute atomic E-state index is 12.3. The van der Waals surface area contributed by atoms with Gasteiger partial charge in [0, 0.05) is 19.7 Å². The molecule has 0 aliphatic carbocycles. The van der Waals surface area contributed by atoms with Gasteiger partial charge in [0.2, 0.25) is 0 Å². The molecule has 0 radical (unpaired) electrons. The predicted molar refractivity (Wildman–Crippen MR) is 105 cm³/mol. The van der Waals surface area contributed by atoms with E-state index in [0.29, 0.717) is 17.2 Å². The minimum atomic E-state index is -0.114. The summed E-state index contributed by atoms with van der Waals surface area (Å²) >= 11 is 0. The Morgan fingerprint density at radius 3 is 2.15 bits per heavy atom. The quantitative estimate of drug-likeness (QED) is 0.555. The number of amides is 1. The third-order valence-corrected chi connectivity index (χ3v) is 4.03. The molecule has 0 heterocycles. The van der Waals surface area contributed by atoms with E-state index in [1.807, 2.05) is 18.2 Å². The summed E-state index contributed by atoms with van der Waals surface area (Å²) in [6, 6.07) is 15.0. The van der Waals surface area contributed by atoms with Crippen molar-refractivity contribution in [3.63, 3.8) is 0 Å². The maximum atomic E-state index is 12.3. The van der Waals surface area contributed by atoms with Crippen LogP contribution in [0, 0.1) is 0 Å². The fourth-order valence-electron chi connectivity index (χ4n) is 2.25. The summed E-state index contributed by atoms with van der Waals surface area (Å²) in [6.07, 6.45) is 3.38. The number of likely N-dealkylation sites (N-methyl/N-ethyl adjacent to an activating group) is 1. The van der Waals surface area contributed by atoms with Gasteiger partial charge in [-0.05, 0) is 47.4 Å². The predicted octanol–water partition coefficient (Wildman–Crippen LogP) is 4.17. The van der Waals surface area contributed by atoms with Crippen LogP contribution in [-0.4, -0.2) is 37.3 Å². The van der Waals surface area contributed by atoms with Crippen molar-refractivity contribution in [1.82, 2.24) is 4.90 Å². The molecule has 0 unspecified atom stereocenters. The highest BCUT2D eigenvalue weighted by atomic mass is 16.5. The highest BCUT2D eigenvalue weighted by Crippen LogP contribution is 2.16. The molecule has 0 aliphatic heterocycles. The van der Waals surface area contributed by atoms with E-state index in [-0.39, 0.29) is 18.3 Å². The second-order valence-corrected chi connectivity index (χ2v) is 6.62. The van der Waals surface area contributed by atoms with E-state index in [4.69, 9.17) is 4.74 Å². The van der Waals surface area contributed by atoms with Crippen molar-refractivity contribution in [2.45, 2.75) is 19.8 Å². The Balaban J connectivity index is 1.95. The standard InChI is InChI=1S/C22H25NO3/c1-16(2)18-8-5-17(6-9-18)7-14-21(24)19-10-12-20(13-11-19)26-15-22(25)23(3)4/h5-14,16H,15H2,1-4H3. The van der Waals surface area contributed by atoms with Gasteiger partial charge < -0.3 is 9.64 Å². The van der Waals surface area contributed by atoms with Gasteiger partial charge in [-0.2, -0.15) is 0 Å². The van der Waals surface area contributed by atoms with Crippen molar-refractivity contribution in [3.8, 4) is 5.75 Å². The highest BCUT2D eigenvalue weighted by molar-refractivity contribution is 6.06. The van der Waals surface area contributed by atoms with Gasteiger partial charge in [0.25, 0.3) is 5.91 Å². The normalized spacial score (nSPS) is 11.0. The van der Waals surface area contributed by atoms with Gasteiger partial charge >= 0.3 is 0 Å². The van der Waals surface area contributed by atoms with Crippen LogP contribution in [0.5, 0.6) is 5.75 Å². The van der Waals surface area contributed by atoms with Crippen molar-refractivity contribution in [2.75, 3.05) is 20.7 Å². The molecule has 2 aromatic rings. The van der Waals surface area contributed by atoms with Crippen molar-refractivity contribution < 1.29 is 14.3 Å². The number of allylic oxidation sites excluding steroid dienone is 1. The first-order chi connectivity index (χ1) is 12.4. The molecular formula is C22H25NO3. The fraction of sp³-hybridized carbons (Fsp3) is 0.273. The lowest BCUT2D eigenvalue weighted by Gasteiger charge is -2.11. The summed E-state index contributed by atoms with van der Waals surface area (Å²) in [4.78, 5) is 25.2. The summed E-state index contributed by atoms with van der Waals surface area (Å²) in [6.45, 7) is 4.28. The molecule has 0 atom stereocenters. The Morgan fingerprint density at radius 2 is 1.62 bits per heavy atom. The van der Waals surface area contributed by atoms with E-state index in [1.54, 1.807) is 44.4 Å². The fourth-order valence-corrected chi connectivity index (χ4v) is 2.25. The zero-order chi connectivity index (χ0) is 19.1. The van der Waals surface area contributed by atoms with Crippen LogP contribution in [0.1, 0.15) is 41.3 Å². The Bertz CT molecular complexity index is 772. The lowest BCUT2D eigenvalue weighted by Crippen LogP contribution is -2.27. The van der Waals surface area contributed by atoms with Crippen LogP contribution < -0.4 is 4.74 Å². The summed E-state index contributed by atoms with van der Waals surface area (Å²) in [5, 5.41) is 0.